The summed E-state index contributed by atoms with van der Waals surface area (Å²) in [6.45, 7) is 16.9. The Balaban J connectivity index is 1.04. The number of aromatic hydroxyl groups is 2. The number of carbonyl (C=O) groups is 3. The number of aliphatic hydroxyl groups excluding tert-OH is 5. The van der Waals surface area contributed by atoms with Crippen molar-refractivity contribution in [2.24, 2.45) is 11.8 Å². The normalized spacial score (nSPS) is 40.2. The van der Waals surface area contributed by atoms with E-state index < -0.39 is 188 Å². The average molecular weight is 1180 g/mol. The van der Waals surface area contributed by atoms with Crippen molar-refractivity contribution in [1.29, 1.82) is 0 Å². The Morgan fingerprint density at radius 3 is 1.78 bits per heavy atom. The topological polar surface area (TPSA) is 342 Å². The van der Waals surface area contributed by atoms with Crippen LogP contribution >= 0.6 is 0 Å². The summed E-state index contributed by atoms with van der Waals surface area (Å²) in [6.07, 6.45) is -22.9. The summed E-state index contributed by atoms with van der Waals surface area (Å²) in [5, 5.41) is 91.0. The smallest absolute Gasteiger partial charge is 0.303 e. The lowest BCUT2D eigenvalue weighted by Crippen LogP contribution is -2.59. The van der Waals surface area contributed by atoms with Crippen LogP contribution in [0.15, 0.2) is 12.1 Å². The van der Waals surface area contributed by atoms with Gasteiger partial charge in [-0.15, -0.1) is 0 Å². The van der Waals surface area contributed by atoms with Gasteiger partial charge in [0.05, 0.1) is 78.1 Å². The highest BCUT2D eigenvalue weighted by molar-refractivity contribution is 6.11. The summed E-state index contributed by atoms with van der Waals surface area (Å²) < 4.78 is 85.1. The minimum Gasteiger partial charge on any atom is -0.507 e. The Hall–Kier alpha value is -3.97. The number of Topliss-reactive ketones (excluding diaryl/α,β-unsaturated/α-hetero) is 1. The van der Waals surface area contributed by atoms with Gasteiger partial charge in [-0.3, -0.25) is 14.4 Å². The van der Waals surface area contributed by atoms with E-state index in [0.29, 0.717) is 5.56 Å². The van der Waals surface area contributed by atoms with Gasteiger partial charge in [-0.05, 0) is 84.9 Å². The number of benzene rings is 2. The summed E-state index contributed by atoms with van der Waals surface area (Å²) in [7, 11) is 2.88. The number of ether oxygens (including phenoxy) is 14. The highest BCUT2D eigenvalue weighted by atomic mass is 16.7. The highest BCUT2D eigenvalue weighted by Gasteiger charge is 2.52. The molecule has 83 heavy (non-hydrogen) atoms. The summed E-state index contributed by atoms with van der Waals surface area (Å²) in [5.74, 6) is -4.42. The first-order valence-corrected chi connectivity index (χ1v) is 28.7. The van der Waals surface area contributed by atoms with E-state index in [4.69, 9.17) is 66.3 Å². The van der Waals surface area contributed by atoms with Crippen molar-refractivity contribution in [3.05, 3.63) is 28.8 Å². The highest BCUT2D eigenvalue weighted by Crippen LogP contribution is 2.48. The van der Waals surface area contributed by atoms with Gasteiger partial charge in [-0.2, -0.15) is 0 Å². The molecule has 468 valence electrons. The molecular formula is C58H86O25. The zero-order valence-electron chi connectivity index (χ0n) is 49.3. The van der Waals surface area contributed by atoms with E-state index in [-0.39, 0.29) is 66.2 Å². The maximum absolute atomic E-state index is 15.3. The van der Waals surface area contributed by atoms with E-state index in [2.05, 4.69) is 0 Å². The van der Waals surface area contributed by atoms with E-state index in [0.717, 1.165) is 0 Å². The van der Waals surface area contributed by atoms with Crippen molar-refractivity contribution in [3.63, 3.8) is 0 Å². The third-order valence-corrected chi connectivity index (χ3v) is 17.2. The zero-order chi connectivity index (χ0) is 60.8. The summed E-state index contributed by atoms with van der Waals surface area (Å²) in [5.41, 5.74) is -1.18. The monoisotopic (exact) mass is 1180 g/mol. The molecule has 6 aliphatic rings. The number of ketones is 1. The number of phenols is 2. The molecule has 0 radical (unpaired) electrons. The molecule has 0 unspecified atom stereocenters. The second-order valence-electron chi connectivity index (χ2n) is 23.6. The van der Waals surface area contributed by atoms with E-state index in [1.54, 1.807) is 60.6 Å². The summed E-state index contributed by atoms with van der Waals surface area (Å²) in [6, 6.07) is 3.22. The molecule has 2 aromatic rings. The molecule has 26 atom stereocenters. The number of esters is 2. The Morgan fingerprint density at radius 1 is 0.687 bits per heavy atom. The Bertz CT molecular complexity index is 2570. The van der Waals surface area contributed by atoms with Crippen molar-refractivity contribution in [2.45, 2.75) is 262 Å². The van der Waals surface area contributed by atoms with Crippen molar-refractivity contribution < 1.29 is 122 Å². The second kappa shape index (κ2) is 26.6. The van der Waals surface area contributed by atoms with Crippen molar-refractivity contribution in [2.75, 3.05) is 14.2 Å². The van der Waals surface area contributed by atoms with Crippen LogP contribution in [0.3, 0.4) is 0 Å². The zero-order valence-corrected chi connectivity index (χ0v) is 49.3. The van der Waals surface area contributed by atoms with Gasteiger partial charge in [-0.1, -0.05) is 6.92 Å². The number of rotatable bonds is 18. The van der Waals surface area contributed by atoms with Gasteiger partial charge in [0.1, 0.15) is 53.4 Å². The van der Waals surface area contributed by atoms with E-state index >= 15 is 4.79 Å². The van der Waals surface area contributed by atoms with Crippen molar-refractivity contribution in [1.82, 2.24) is 0 Å². The first kappa shape index (κ1) is 65.0. The molecule has 1 aliphatic carbocycles. The number of phenolic OH excluding ortho intramolecular Hbond substituents is 2. The molecule has 8 N–H and O–H groups in total. The molecule has 0 aromatic heterocycles. The van der Waals surface area contributed by atoms with Crippen molar-refractivity contribution in [3.8, 4) is 17.2 Å². The number of fused-ring (bicyclic) bond motifs is 2. The predicted molar refractivity (Wildman–Crippen MR) is 287 cm³/mol. The van der Waals surface area contributed by atoms with Crippen LogP contribution < -0.4 is 4.74 Å². The fourth-order valence-electron chi connectivity index (χ4n) is 13.0. The number of aliphatic hydroxyl groups is 6. The predicted octanol–water partition coefficient (Wildman–Crippen LogP) is 2.61. The number of hydrogen-bond donors (Lipinski definition) is 8. The summed E-state index contributed by atoms with van der Waals surface area (Å²) in [4.78, 5) is 39.3. The van der Waals surface area contributed by atoms with Crippen LogP contribution in [0.4, 0.5) is 0 Å². The lowest BCUT2D eigenvalue weighted by atomic mass is 9.72. The van der Waals surface area contributed by atoms with Crippen LogP contribution in [-0.4, -0.2) is 220 Å². The Kier molecular flexibility index (Phi) is 20.8. The fourth-order valence-corrected chi connectivity index (χ4v) is 13.0. The molecule has 5 saturated heterocycles. The number of methoxy groups -OCH3 is 2. The van der Waals surface area contributed by atoms with Gasteiger partial charge in [0.25, 0.3) is 0 Å². The summed E-state index contributed by atoms with van der Waals surface area (Å²) >= 11 is 0. The molecule has 0 bridgehead atoms. The van der Waals surface area contributed by atoms with Crippen LogP contribution in [0.1, 0.15) is 123 Å². The molecule has 0 amide bonds. The van der Waals surface area contributed by atoms with E-state index in [9.17, 15) is 50.4 Å². The Labute approximate surface area is 482 Å². The van der Waals surface area contributed by atoms with Gasteiger partial charge in [0.2, 0.25) is 6.29 Å². The molecule has 25 heteroatoms. The molecule has 0 spiro atoms. The van der Waals surface area contributed by atoms with Crippen LogP contribution in [0.2, 0.25) is 0 Å². The van der Waals surface area contributed by atoms with Crippen LogP contribution in [-0.2, 0) is 77.6 Å². The lowest BCUT2D eigenvalue weighted by molar-refractivity contribution is -0.334. The van der Waals surface area contributed by atoms with Gasteiger partial charge in [0.15, 0.2) is 43.2 Å². The minimum atomic E-state index is -1.53. The quantitative estimate of drug-likeness (QED) is 0.0995. The van der Waals surface area contributed by atoms with E-state index in [1.807, 2.05) is 0 Å². The average Bonchev–Trinajstić information content (AvgIpc) is 3.57. The van der Waals surface area contributed by atoms with Gasteiger partial charge >= 0.3 is 11.9 Å². The minimum absolute atomic E-state index is 0.00677. The van der Waals surface area contributed by atoms with Crippen LogP contribution in [0.5, 0.6) is 17.2 Å². The molecule has 25 nitrogen and oxygen atoms in total. The largest absolute Gasteiger partial charge is 0.507 e. The molecule has 5 heterocycles. The maximum atomic E-state index is 15.3. The first-order valence-electron chi connectivity index (χ1n) is 28.7. The van der Waals surface area contributed by atoms with Crippen LogP contribution in [0.25, 0.3) is 10.8 Å². The van der Waals surface area contributed by atoms with E-state index in [1.165, 1.54) is 41.9 Å². The standard InChI is InChI=1S/C58H86O25/c1-22-36(79-42-20-39(55(28(7)75-42)77-30(9)60)82-40-17-35(62)54(71-13)27(6)74-40)16-33-14-32-15-34(53(70-12)23(2)47(63)24(3)59)56(52(68)46(32)51(67)45(33)48(22)64)83-43-19-37(49(65)26(5)73-43)80-41-18-38(50(66)25(4)72-41)81-44-21-58(11,69)57(29(8)76-44)78-31(10)61/h14,16,23-29,34-35,37-44,47,49-50,53-57,59,62-67,69H,15,17-21H2,1-13H3/t23-,24+,25-,26-,27-,28-,29-,34-,35-,37-,38-,39+,40+,41+,42+,43+,44+,47+,49+,50+,53-,54+,55+,56+,57-,58+/m1/s1. The van der Waals surface area contributed by atoms with Crippen LogP contribution in [0, 0.1) is 18.8 Å². The van der Waals surface area contributed by atoms with Crippen molar-refractivity contribution >= 4 is 28.5 Å². The maximum Gasteiger partial charge on any atom is 0.303 e. The van der Waals surface area contributed by atoms with Gasteiger partial charge in [0, 0.05) is 77.6 Å². The molecule has 0 saturated carbocycles. The third-order valence-electron chi connectivity index (χ3n) is 17.2. The molecule has 5 fully saturated rings. The second-order valence-corrected chi connectivity index (χ2v) is 23.6. The fraction of sp³-hybridized carbons (Fsp3) is 0.776. The number of hydrogen-bond acceptors (Lipinski definition) is 25. The molecular weight excluding hydrogens is 1100 g/mol. The Morgan fingerprint density at radius 2 is 1.22 bits per heavy atom. The SMILES string of the molecule is CO[C@H]([C@H](C)[C@H](O)[C@H](C)O)[C@H]1Cc2cc3cc(O[C@H]4C[C@H](O[C@H]5C[C@@H](O)[C@@H](OC)[C@@H](C)O5)[C@@H](OC(C)=O)[C@@H](C)O4)c(C)c(O)c3c(O)c2C(=O)[C@H]1O[C@H]1C[C@@H](O[C@H]2C[C@@H](O[C@H]3C[C@](C)(O)[C@H](OC(C)=O)[C@@H](C)O3)[C@@H](O)[C@@H](C)O2)[C@@H](O)[C@@H](C)O1. The van der Waals surface area contributed by atoms with Gasteiger partial charge in [-0.25, -0.2) is 0 Å². The first-order chi connectivity index (χ1) is 39.0. The molecule has 8 rings (SSSR count). The number of carbonyl (C=O) groups excluding carboxylic acids is 3. The lowest BCUT2D eigenvalue weighted by Gasteiger charge is -2.46. The molecule has 2 aromatic carbocycles. The molecule has 5 aliphatic heterocycles. The van der Waals surface area contributed by atoms with Gasteiger partial charge < -0.3 is 107 Å². The third kappa shape index (κ3) is 14.1.